The summed E-state index contributed by atoms with van der Waals surface area (Å²) in [4.78, 5) is 21.7. The molecule has 3 rings (SSSR count). The molecule has 1 aromatic heterocycles. The molecular formula is C25H26N4O4. The first-order chi connectivity index (χ1) is 15.6. The van der Waals surface area contributed by atoms with Crippen LogP contribution in [0.5, 0.6) is 11.5 Å². The molecule has 33 heavy (non-hydrogen) atoms. The number of β-amino-alcohol motifs (C(OH)–C–C–N with tert-alkyl or cyclic N) is 1. The maximum atomic E-state index is 12.8. The Morgan fingerprint density at radius 3 is 2.70 bits per heavy atom. The highest BCUT2D eigenvalue weighted by atomic mass is 16.5. The third-order valence-corrected chi connectivity index (χ3v) is 5.52. The number of aromatic hydroxyl groups is 1. The molecule has 1 fully saturated rings. The quantitative estimate of drug-likeness (QED) is 0.463. The number of terminal acetylenes is 1. The highest BCUT2D eigenvalue weighted by molar-refractivity contribution is 6.01. The van der Waals surface area contributed by atoms with Gasteiger partial charge in [-0.2, -0.15) is 5.26 Å². The van der Waals surface area contributed by atoms with E-state index in [9.17, 15) is 20.3 Å². The van der Waals surface area contributed by atoms with Crippen molar-refractivity contribution in [1.82, 2.24) is 14.9 Å². The third-order valence-electron chi connectivity index (χ3n) is 5.52. The summed E-state index contributed by atoms with van der Waals surface area (Å²) >= 11 is 0. The van der Waals surface area contributed by atoms with E-state index < -0.39 is 16.9 Å². The van der Waals surface area contributed by atoms with Gasteiger partial charge in [-0.15, -0.1) is 6.42 Å². The number of rotatable bonds is 6. The number of nitriles is 1. The van der Waals surface area contributed by atoms with Gasteiger partial charge in [0.1, 0.15) is 22.9 Å². The lowest BCUT2D eigenvalue weighted by atomic mass is 9.85. The number of imidazole rings is 1. The summed E-state index contributed by atoms with van der Waals surface area (Å²) in [6.07, 6.45) is 12.4. The van der Waals surface area contributed by atoms with Crippen LogP contribution in [-0.4, -0.2) is 56.8 Å². The molecule has 2 aromatic rings. The fourth-order valence-electron chi connectivity index (χ4n) is 3.50. The number of phenols is 1. The van der Waals surface area contributed by atoms with E-state index in [0.29, 0.717) is 17.1 Å². The second-order valence-corrected chi connectivity index (χ2v) is 8.43. The van der Waals surface area contributed by atoms with E-state index in [4.69, 9.17) is 11.2 Å². The molecule has 0 radical (unpaired) electrons. The van der Waals surface area contributed by atoms with Gasteiger partial charge in [0.15, 0.2) is 5.60 Å². The van der Waals surface area contributed by atoms with Crippen molar-refractivity contribution in [3.05, 3.63) is 47.4 Å². The lowest BCUT2D eigenvalue weighted by molar-refractivity contribution is -0.0389. The second-order valence-electron chi connectivity index (χ2n) is 8.43. The maximum absolute atomic E-state index is 12.8. The fraction of sp³-hybridized carbons (Fsp3) is 0.320. The Balaban J connectivity index is 1.93. The van der Waals surface area contributed by atoms with Crippen molar-refractivity contribution in [2.24, 2.45) is 5.41 Å². The van der Waals surface area contributed by atoms with Crippen molar-refractivity contribution in [2.45, 2.75) is 26.4 Å². The second kappa shape index (κ2) is 8.85. The molecule has 1 aliphatic rings. The minimum absolute atomic E-state index is 0.00825. The molecule has 0 aliphatic carbocycles. The standard InChI is InChI=1S/C25H26N4O4/c1-6-8-17(24(3,4)13-26)11-21-27-12-18(28-21)16-9-19(30)22(20(10-16)33-5)23(31)29-14-25(32,7-2)15-29/h2,6,8-12,30,32H,14-15H2,1,3-5H3,(H,27,28)/b8-6-,17-11+. The van der Waals surface area contributed by atoms with Crippen LogP contribution in [0.2, 0.25) is 0 Å². The Labute approximate surface area is 192 Å². The largest absolute Gasteiger partial charge is 0.507 e. The predicted molar refractivity (Wildman–Crippen MR) is 124 cm³/mol. The number of carbonyl (C=O) groups is 1. The number of hydrogen-bond acceptors (Lipinski definition) is 6. The van der Waals surface area contributed by atoms with Crippen LogP contribution in [0.1, 0.15) is 37.0 Å². The summed E-state index contributed by atoms with van der Waals surface area (Å²) in [5, 5.41) is 30.1. The topological polar surface area (TPSA) is 122 Å². The Hall–Kier alpha value is -4.01. The molecule has 8 nitrogen and oxygen atoms in total. The van der Waals surface area contributed by atoms with Gasteiger partial charge < -0.3 is 24.8 Å². The van der Waals surface area contributed by atoms with Gasteiger partial charge in [-0.3, -0.25) is 4.79 Å². The number of ether oxygens (including phenoxy) is 1. The first-order valence-electron chi connectivity index (χ1n) is 10.3. The zero-order valence-corrected chi connectivity index (χ0v) is 19.0. The van der Waals surface area contributed by atoms with Gasteiger partial charge in [-0.25, -0.2) is 4.98 Å². The van der Waals surface area contributed by atoms with Crippen molar-refractivity contribution in [2.75, 3.05) is 20.2 Å². The van der Waals surface area contributed by atoms with Crippen LogP contribution in [0.15, 0.2) is 36.1 Å². The molecule has 8 heteroatoms. The Morgan fingerprint density at radius 1 is 1.42 bits per heavy atom. The SMILES string of the molecule is C#CC1(O)CN(C(=O)c2c(O)cc(-c3cnc(/C=C(\C=C/C)C(C)(C)C#N)[nH]3)cc2OC)C1. The fourth-order valence-corrected chi connectivity index (χ4v) is 3.50. The van der Waals surface area contributed by atoms with E-state index in [1.54, 1.807) is 18.3 Å². The molecule has 2 heterocycles. The number of aliphatic hydroxyl groups is 1. The highest BCUT2D eigenvalue weighted by Crippen LogP contribution is 2.37. The molecule has 0 unspecified atom stereocenters. The molecule has 170 valence electrons. The number of nitrogens with zero attached hydrogens (tertiary/aromatic N) is 3. The molecule has 1 aromatic carbocycles. The van der Waals surface area contributed by atoms with E-state index in [2.05, 4.69) is 22.0 Å². The van der Waals surface area contributed by atoms with Gasteiger partial charge in [-0.05, 0) is 44.6 Å². The number of amides is 1. The lowest BCUT2D eigenvalue weighted by Crippen LogP contribution is -2.62. The molecule has 0 bridgehead atoms. The molecule has 0 atom stereocenters. The summed E-state index contributed by atoms with van der Waals surface area (Å²) in [6, 6.07) is 5.34. The summed E-state index contributed by atoms with van der Waals surface area (Å²) in [7, 11) is 1.40. The summed E-state index contributed by atoms with van der Waals surface area (Å²) < 4.78 is 5.37. The molecule has 1 amide bonds. The minimum atomic E-state index is -1.34. The number of methoxy groups -OCH3 is 1. The summed E-state index contributed by atoms with van der Waals surface area (Å²) in [5.41, 5.74) is -0.115. The number of allylic oxidation sites excluding steroid dienone is 3. The molecule has 0 saturated carbocycles. The van der Waals surface area contributed by atoms with Crippen LogP contribution >= 0.6 is 0 Å². The van der Waals surface area contributed by atoms with Gasteiger partial charge >= 0.3 is 0 Å². The van der Waals surface area contributed by atoms with Crippen LogP contribution in [0, 0.1) is 29.1 Å². The van der Waals surface area contributed by atoms with E-state index in [0.717, 1.165) is 5.57 Å². The van der Waals surface area contributed by atoms with Crippen LogP contribution < -0.4 is 4.74 Å². The van der Waals surface area contributed by atoms with Crippen LogP contribution in [0.25, 0.3) is 17.3 Å². The number of likely N-dealkylation sites (tertiary alicyclic amines) is 1. The first kappa shape index (κ1) is 23.6. The van der Waals surface area contributed by atoms with Crippen LogP contribution in [0.3, 0.4) is 0 Å². The normalized spacial score (nSPS) is 15.6. The smallest absolute Gasteiger partial charge is 0.261 e. The third kappa shape index (κ3) is 4.62. The Kier molecular flexibility index (Phi) is 6.34. The molecule has 1 saturated heterocycles. The average molecular weight is 447 g/mol. The number of H-pyrrole nitrogens is 1. The number of aromatic nitrogens is 2. The van der Waals surface area contributed by atoms with Crippen LogP contribution in [-0.2, 0) is 0 Å². The van der Waals surface area contributed by atoms with Crippen molar-refractivity contribution in [3.8, 4) is 41.2 Å². The lowest BCUT2D eigenvalue weighted by Gasteiger charge is -2.43. The number of aromatic amines is 1. The minimum Gasteiger partial charge on any atom is -0.507 e. The zero-order chi connectivity index (χ0) is 24.4. The number of phenolic OH excluding ortho intramolecular Hbond substituents is 1. The maximum Gasteiger partial charge on any atom is 0.261 e. The van der Waals surface area contributed by atoms with Gasteiger partial charge in [0.25, 0.3) is 5.91 Å². The number of hydrogen-bond donors (Lipinski definition) is 3. The molecule has 3 N–H and O–H groups in total. The van der Waals surface area contributed by atoms with E-state index in [-0.39, 0.29) is 30.2 Å². The number of benzene rings is 1. The number of carbonyl (C=O) groups excluding carboxylic acids is 1. The van der Waals surface area contributed by atoms with E-state index in [1.165, 1.54) is 18.1 Å². The van der Waals surface area contributed by atoms with Crippen molar-refractivity contribution in [1.29, 1.82) is 5.26 Å². The highest BCUT2D eigenvalue weighted by Gasteiger charge is 2.43. The summed E-state index contributed by atoms with van der Waals surface area (Å²) in [5.74, 6) is 2.22. The van der Waals surface area contributed by atoms with Gasteiger partial charge in [0, 0.05) is 5.56 Å². The van der Waals surface area contributed by atoms with Gasteiger partial charge in [0.2, 0.25) is 0 Å². The average Bonchev–Trinajstić information content (AvgIpc) is 3.24. The molecular weight excluding hydrogens is 420 g/mol. The zero-order valence-electron chi connectivity index (χ0n) is 19.0. The Bertz CT molecular complexity index is 1220. The monoisotopic (exact) mass is 446 g/mol. The van der Waals surface area contributed by atoms with Gasteiger partial charge in [0.05, 0.1) is 43.6 Å². The van der Waals surface area contributed by atoms with E-state index >= 15 is 0 Å². The van der Waals surface area contributed by atoms with Crippen molar-refractivity contribution in [3.63, 3.8) is 0 Å². The van der Waals surface area contributed by atoms with Crippen LogP contribution in [0.4, 0.5) is 0 Å². The first-order valence-corrected chi connectivity index (χ1v) is 10.3. The predicted octanol–water partition coefficient (Wildman–Crippen LogP) is 3.12. The van der Waals surface area contributed by atoms with Crippen molar-refractivity contribution >= 4 is 12.0 Å². The number of nitrogens with one attached hydrogen (secondary N) is 1. The van der Waals surface area contributed by atoms with Crippen molar-refractivity contribution < 1.29 is 19.7 Å². The summed E-state index contributed by atoms with van der Waals surface area (Å²) in [6.45, 7) is 5.49. The molecule has 0 spiro atoms. The van der Waals surface area contributed by atoms with E-state index in [1.807, 2.05) is 32.9 Å². The Morgan fingerprint density at radius 2 is 2.12 bits per heavy atom. The van der Waals surface area contributed by atoms with Gasteiger partial charge in [-0.1, -0.05) is 18.1 Å². The molecule has 1 aliphatic heterocycles.